The molecule has 0 unspecified atom stereocenters. The van der Waals surface area contributed by atoms with Crippen molar-refractivity contribution in [2.24, 2.45) is 0 Å². The Labute approximate surface area is 140 Å². The van der Waals surface area contributed by atoms with Crippen LogP contribution in [-0.4, -0.2) is 22.6 Å². The first kappa shape index (κ1) is 17.1. The molecule has 2 rings (SSSR count). The topological polar surface area (TPSA) is 71.5 Å². The van der Waals surface area contributed by atoms with E-state index >= 15 is 0 Å². The molecule has 0 aliphatic heterocycles. The minimum Gasteiger partial charge on any atom is -0.504 e. The number of anilines is 1. The number of carbonyl (C=O) groups is 1. The second-order valence-corrected chi connectivity index (χ2v) is 5.91. The van der Waals surface area contributed by atoms with E-state index in [0.717, 1.165) is 11.1 Å². The lowest BCUT2D eigenvalue weighted by atomic mass is 10.0. The van der Waals surface area contributed by atoms with Crippen LogP contribution in [0.3, 0.4) is 0 Å². The molecule has 2 N–H and O–H groups in total. The normalized spacial score (nSPS) is 10.7. The third-order valence-corrected chi connectivity index (χ3v) is 3.72. The Hall–Kier alpha value is -2.27. The maximum absolute atomic E-state index is 12.0. The number of aryl methyl sites for hydroxylation is 1. The molecule has 1 aromatic carbocycles. The van der Waals surface area contributed by atoms with Crippen molar-refractivity contribution in [3.63, 3.8) is 0 Å². The zero-order chi connectivity index (χ0) is 17.0. The smallest absolute Gasteiger partial charge is 0.263 e. The lowest BCUT2D eigenvalue weighted by Crippen LogP contribution is -2.21. The van der Waals surface area contributed by atoms with Gasteiger partial charge in [-0.05, 0) is 48.2 Å². The fourth-order valence-electron chi connectivity index (χ4n) is 2.05. The number of aromatic hydroxyl groups is 1. The van der Waals surface area contributed by atoms with Crippen molar-refractivity contribution in [2.75, 3.05) is 11.9 Å². The molecular formula is C17H19ClN2O3. The highest BCUT2D eigenvalue weighted by atomic mass is 35.5. The number of hydrogen-bond donors (Lipinski definition) is 2. The van der Waals surface area contributed by atoms with Crippen molar-refractivity contribution in [1.82, 2.24) is 4.98 Å². The lowest BCUT2D eigenvalue weighted by molar-refractivity contribution is -0.118. The molecule has 0 radical (unpaired) electrons. The average molecular weight is 335 g/mol. The number of rotatable bonds is 5. The molecule has 2 aromatic rings. The van der Waals surface area contributed by atoms with Crippen molar-refractivity contribution >= 4 is 23.3 Å². The number of nitrogens with zero attached hydrogens (tertiary/aromatic N) is 1. The van der Waals surface area contributed by atoms with Gasteiger partial charge in [0.15, 0.2) is 18.2 Å². The highest BCUT2D eigenvalue weighted by Crippen LogP contribution is 2.32. The number of ether oxygens (including phenoxy) is 1. The number of aromatic nitrogens is 1. The van der Waals surface area contributed by atoms with Crippen LogP contribution in [0.25, 0.3) is 0 Å². The quantitative estimate of drug-likeness (QED) is 0.870. The third kappa shape index (κ3) is 4.36. The molecule has 0 saturated carbocycles. The Morgan fingerprint density at radius 1 is 1.43 bits per heavy atom. The van der Waals surface area contributed by atoms with Crippen molar-refractivity contribution in [3.8, 4) is 11.5 Å². The van der Waals surface area contributed by atoms with Gasteiger partial charge in [-0.1, -0.05) is 25.4 Å². The van der Waals surface area contributed by atoms with Crippen LogP contribution >= 0.6 is 11.6 Å². The SMILES string of the molecule is Cc1cc(OCC(=O)Nc2ncccc2O)c(C(C)C)cc1Cl. The van der Waals surface area contributed by atoms with Crippen LogP contribution in [-0.2, 0) is 4.79 Å². The van der Waals surface area contributed by atoms with Crippen molar-refractivity contribution < 1.29 is 14.6 Å². The summed E-state index contributed by atoms with van der Waals surface area (Å²) >= 11 is 6.15. The summed E-state index contributed by atoms with van der Waals surface area (Å²) in [6.45, 7) is 5.75. The van der Waals surface area contributed by atoms with Crippen LogP contribution in [0, 0.1) is 6.92 Å². The maximum Gasteiger partial charge on any atom is 0.263 e. The molecule has 122 valence electrons. The molecule has 0 atom stereocenters. The van der Waals surface area contributed by atoms with E-state index in [2.05, 4.69) is 10.3 Å². The molecule has 0 spiro atoms. The molecule has 0 fully saturated rings. The molecule has 5 nitrogen and oxygen atoms in total. The number of pyridine rings is 1. The predicted octanol–water partition coefficient (Wildman–Crippen LogP) is 3.89. The Kier molecular flexibility index (Phi) is 5.45. The molecule has 6 heteroatoms. The molecule has 1 amide bonds. The summed E-state index contributed by atoms with van der Waals surface area (Å²) < 4.78 is 5.63. The maximum atomic E-state index is 12.0. The molecule has 1 heterocycles. The molecule has 23 heavy (non-hydrogen) atoms. The van der Waals surface area contributed by atoms with Gasteiger partial charge < -0.3 is 15.2 Å². The highest BCUT2D eigenvalue weighted by molar-refractivity contribution is 6.31. The zero-order valence-electron chi connectivity index (χ0n) is 13.3. The van der Waals surface area contributed by atoms with Gasteiger partial charge in [0.2, 0.25) is 0 Å². The Bertz CT molecular complexity index is 717. The first-order chi connectivity index (χ1) is 10.9. The Balaban J connectivity index is 2.07. The van der Waals surface area contributed by atoms with Crippen LogP contribution in [0.4, 0.5) is 5.82 Å². The van der Waals surface area contributed by atoms with Gasteiger partial charge in [-0.3, -0.25) is 4.79 Å². The van der Waals surface area contributed by atoms with Gasteiger partial charge in [0.05, 0.1) is 0 Å². The molecule has 1 aromatic heterocycles. The molecule has 0 aliphatic rings. The first-order valence-electron chi connectivity index (χ1n) is 7.25. The van der Waals surface area contributed by atoms with Crippen LogP contribution in [0.5, 0.6) is 11.5 Å². The molecule has 0 aliphatic carbocycles. The highest BCUT2D eigenvalue weighted by Gasteiger charge is 2.13. The van der Waals surface area contributed by atoms with Crippen LogP contribution in [0.15, 0.2) is 30.5 Å². The average Bonchev–Trinajstić information content (AvgIpc) is 2.50. The fraction of sp³-hybridized carbons (Fsp3) is 0.294. The van der Waals surface area contributed by atoms with E-state index in [-0.39, 0.29) is 24.1 Å². The summed E-state index contributed by atoms with van der Waals surface area (Å²) in [5, 5.41) is 12.8. The van der Waals surface area contributed by atoms with E-state index in [1.54, 1.807) is 6.07 Å². The van der Waals surface area contributed by atoms with Gasteiger partial charge in [-0.25, -0.2) is 4.98 Å². The largest absolute Gasteiger partial charge is 0.504 e. The Morgan fingerprint density at radius 2 is 2.17 bits per heavy atom. The second kappa shape index (κ2) is 7.33. The molecule has 0 bridgehead atoms. The number of amides is 1. The van der Waals surface area contributed by atoms with E-state index in [1.807, 2.05) is 32.9 Å². The van der Waals surface area contributed by atoms with Gasteiger partial charge >= 0.3 is 0 Å². The third-order valence-electron chi connectivity index (χ3n) is 3.32. The van der Waals surface area contributed by atoms with E-state index in [1.165, 1.54) is 12.3 Å². The number of nitrogens with one attached hydrogen (secondary N) is 1. The summed E-state index contributed by atoms with van der Waals surface area (Å²) in [5.41, 5.74) is 1.82. The molecular weight excluding hydrogens is 316 g/mol. The second-order valence-electron chi connectivity index (χ2n) is 5.50. The van der Waals surface area contributed by atoms with Gasteiger partial charge in [-0.15, -0.1) is 0 Å². The summed E-state index contributed by atoms with van der Waals surface area (Å²) in [6, 6.07) is 6.71. The van der Waals surface area contributed by atoms with Crippen LogP contribution in [0.2, 0.25) is 5.02 Å². The lowest BCUT2D eigenvalue weighted by Gasteiger charge is -2.16. The standard InChI is InChI=1S/C17H19ClN2O3/c1-10(2)12-8-13(18)11(3)7-15(12)23-9-16(22)20-17-14(21)5-4-6-19-17/h4-8,10,21H,9H2,1-3H3,(H,19,20,22). The van der Waals surface area contributed by atoms with Gasteiger partial charge in [0.1, 0.15) is 5.75 Å². The number of halogens is 1. The van der Waals surface area contributed by atoms with Gasteiger partial charge in [-0.2, -0.15) is 0 Å². The summed E-state index contributed by atoms with van der Waals surface area (Å²) in [7, 11) is 0. The van der Waals surface area contributed by atoms with Crippen molar-refractivity contribution in [2.45, 2.75) is 26.7 Å². The Morgan fingerprint density at radius 3 is 2.83 bits per heavy atom. The summed E-state index contributed by atoms with van der Waals surface area (Å²) in [4.78, 5) is 15.8. The minimum atomic E-state index is -0.402. The van der Waals surface area contributed by atoms with Crippen molar-refractivity contribution in [3.05, 3.63) is 46.6 Å². The summed E-state index contributed by atoms with van der Waals surface area (Å²) in [6.07, 6.45) is 1.48. The van der Waals surface area contributed by atoms with E-state index < -0.39 is 5.91 Å². The van der Waals surface area contributed by atoms with E-state index in [0.29, 0.717) is 10.8 Å². The first-order valence-corrected chi connectivity index (χ1v) is 7.63. The molecule has 0 saturated heterocycles. The minimum absolute atomic E-state index is 0.0916. The van der Waals surface area contributed by atoms with Gasteiger partial charge in [0, 0.05) is 11.2 Å². The van der Waals surface area contributed by atoms with Crippen LogP contribution in [0.1, 0.15) is 30.9 Å². The number of carbonyl (C=O) groups excluding carboxylic acids is 1. The monoisotopic (exact) mass is 334 g/mol. The fourth-order valence-corrected chi connectivity index (χ4v) is 2.22. The van der Waals surface area contributed by atoms with E-state index in [4.69, 9.17) is 16.3 Å². The predicted molar refractivity (Wildman–Crippen MR) is 90.3 cm³/mol. The number of hydrogen-bond acceptors (Lipinski definition) is 4. The van der Waals surface area contributed by atoms with E-state index in [9.17, 15) is 9.90 Å². The van der Waals surface area contributed by atoms with Gasteiger partial charge in [0.25, 0.3) is 5.91 Å². The zero-order valence-corrected chi connectivity index (χ0v) is 14.0. The van der Waals surface area contributed by atoms with Crippen molar-refractivity contribution in [1.29, 1.82) is 0 Å². The number of benzene rings is 1. The van der Waals surface area contributed by atoms with Crippen LogP contribution < -0.4 is 10.1 Å². The summed E-state index contributed by atoms with van der Waals surface area (Å²) in [5.74, 6) is 0.457.